The molecule has 146 valence electrons. The monoisotopic (exact) mass is 371 g/mol. The first kappa shape index (κ1) is 19.7. The van der Waals surface area contributed by atoms with E-state index >= 15 is 0 Å². The molecule has 1 saturated carbocycles. The summed E-state index contributed by atoms with van der Waals surface area (Å²) < 4.78 is 0. The Kier molecular flexibility index (Phi) is 7.12. The average molecular weight is 371 g/mol. The first-order valence-electron chi connectivity index (χ1n) is 9.98. The van der Waals surface area contributed by atoms with Crippen molar-refractivity contribution in [1.82, 2.24) is 9.80 Å². The van der Waals surface area contributed by atoms with E-state index in [1.165, 1.54) is 38.3 Å². The third-order valence-corrected chi connectivity index (χ3v) is 5.63. The highest BCUT2D eigenvalue weighted by Crippen LogP contribution is 2.25. The Hall–Kier alpha value is -2.05. The van der Waals surface area contributed by atoms with Crippen molar-refractivity contribution in [2.24, 2.45) is 5.92 Å². The van der Waals surface area contributed by atoms with Crippen molar-refractivity contribution in [3.8, 4) is 0 Å². The van der Waals surface area contributed by atoms with Gasteiger partial charge in [-0.05, 0) is 24.8 Å². The van der Waals surface area contributed by atoms with Gasteiger partial charge in [0, 0.05) is 45.2 Å². The Morgan fingerprint density at radius 1 is 1.11 bits per heavy atom. The van der Waals surface area contributed by atoms with Gasteiger partial charge in [0.05, 0.1) is 17.0 Å². The molecule has 0 radical (unpaired) electrons. The molecule has 2 aliphatic rings. The fourth-order valence-corrected chi connectivity index (χ4v) is 4.11. The minimum absolute atomic E-state index is 0.0691. The first-order chi connectivity index (χ1) is 13.1. The molecular formula is C21H29N3O3. The van der Waals surface area contributed by atoms with Crippen LogP contribution in [-0.2, 0) is 4.79 Å². The molecule has 1 aliphatic carbocycles. The molecule has 1 heterocycles. The maximum absolute atomic E-state index is 12.2. The van der Waals surface area contributed by atoms with E-state index in [1.54, 1.807) is 30.4 Å². The molecule has 3 rings (SSSR count). The topological polar surface area (TPSA) is 66.7 Å². The van der Waals surface area contributed by atoms with Gasteiger partial charge in [-0.15, -0.1) is 0 Å². The Morgan fingerprint density at radius 3 is 2.48 bits per heavy atom. The zero-order valence-electron chi connectivity index (χ0n) is 15.9. The molecule has 2 fully saturated rings. The van der Waals surface area contributed by atoms with Crippen LogP contribution in [-0.4, -0.2) is 59.8 Å². The SMILES string of the molecule is O=C(CC=Cc1ccccc1[N+](=O)[O-])CN1CCN(CC2CCCC2)CC1. The third-order valence-electron chi connectivity index (χ3n) is 5.63. The number of Topliss-reactive ketones (excluding diaryl/α,β-unsaturated/α-hetero) is 1. The second-order valence-electron chi connectivity index (χ2n) is 7.69. The molecule has 0 amide bonds. The average Bonchev–Trinajstić information content (AvgIpc) is 3.17. The van der Waals surface area contributed by atoms with E-state index in [1.807, 2.05) is 0 Å². The van der Waals surface area contributed by atoms with Crippen molar-refractivity contribution >= 4 is 17.5 Å². The number of ketones is 1. The van der Waals surface area contributed by atoms with Gasteiger partial charge in [0.2, 0.25) is 0 Å². The summed E-state index contributed by atoms with van der Waals surface area (Å²) >= 11 is 0. The number of nitro benzene ring substituents is 1. The predicted molar refractivity (Wildman–Crippen MR) is 107 cm³/mol. The maximum atomic E-state index is 12.2. The molecular weight excluding hydrogens is 342 g/mol. The van der Waals surface area contributed by atoms with E-state index in [4.69, 9.17) is 0 Å². The summed E-state index contributed by atoms with van der Waals surface area (Å²) in [6.07, 6.45) is 9.26. The van der Waals surface area contributed by atoms with Gasteiger partial charge in [0.1, 0.15) is 0 Å². The van der Waals surface area contributed by atoms with Gasteiger partial charge in [-0.2, -0.15) is 0 Å². The van der Waals surface area contributed by atoms with Gasteiger partial charge in [0.15, 0.2) is 5.78 Å². The van der Waals surface area contributed by atoms with Crippen molar-refractivity contribution < 1.29 is 9.72 Å². The quantitative estimate of drug-likeness (QED) is 0.518. The predicted octanol–water partition coefficient (Wildman–Crippen LogP) is 3.38. The molecule has 6 nitrogen and oxygen atoms in total. The Bertz CT molecular complexity index is 675. The van der Waals surface area contributed by atoms with Crippen LogP contribution in [0.25, 0.3) is 6.08 Å². The molecule has 0 bridgehead atoms. The van der Waals surface area contributed by atoms with Crippen LogP contribution < -0.4 is 0 Å². The molecule has 27 heavy (non-hydrogen) atoms. The van der Waals surface area contributed by atoms with E-state index in [-0.39, 0.29) is 11.5 Å². The Balaban J connectivity index is 1.39. The van der Waals surface area contributed by atoms with Crippen LogP contribution in [0.1, 0.15) is 37.7 Å². The van der Waals surface area contributed by atoms with Crippen molar-refractivity contribution in [2.45, 2.75) is 32.1 Å². The van der Waals surface area contributed by atoms with Crippen LogP contribution in [0, 0.1) is 16.0 Å². The number of hydrogen-bond acceptors (Lipinski definition) is 5. The second kappa shape index (κ2) is 9.76. The molecule has 1 aromatic carbocycles. The number of rotatable bonds is 8. The minimum atomic E-state index is -0.396. The Morgan fingerprint density at radius 2 is 1.78 bits per heavy atom. The summed E-state index contributed by atoms with van der Waals surface area (Å²) in [5, 5.41) is 11.0. The van der Waals surface area contributed by atoms with Gasteiger partial charge in [-0.3, -0.25) is 19.8 Å². The van der Waals surface area contributed by atoms with E-state index in [0.29, 0.717) is 18.5 Å². The molecule has 0 atom stereocenters. The lowest BCUT2D eigenvalue weighted by molar-refractivity contribution is -0.385. The van der Waals surface area contributed by atoms with Gasteiger partial charge >= 0.3 is 0 Å². The number of para-hydroxylation sites is 1. The lowest BCUT2D eigenvalue weighted by Crippen LogP contribution is -2.48. The summed E-state index contributed by atoms with van der Waals surface area (Å²) in [5.74, 6) is 1.04. The van der Waals surface area contributed by atoms with Crippen molar-refractivity contribution in [3.63, 3.8) is 0 Å². The maximum Gasteiger partial charge on any atom is 0.276 e. The van der Waals surface area contributed by atoms with E-state index in [9.17, 15) is 14.9 Å². The lowest BCUT2D eigenvalue weighted by Gasteiger charge is -2.35. The summed E-state index contributed by atoms with van der Waals surface area (Å²) in [5.41, 5.74) is 0.607. The van der Waals surface area contributed by atoms with E-state index in [2.05, 4.69) is 9.80 Å². The number of carbonyl (C=O) groups excluding carboxylic acids is 1. The highest BCUT2D eigenvalue weighted by atomic mass is 16.6. The minimum Gasteiger partial charge on any atom is -0.301 e. The highest BCUT2D eigenvalue weighted by Gasteiger charge is 2.22. The number of allylic oxidation sites excluding steroid dienone is 1. The van der Waals surface area contributed by atoms with E-state index < -0.39 is 4.92 Å². The van der Waals surface area contributed by atoms with Gasteiger partial charge < -0.3 is 4.90 Å². The highest BCUT2D eigenvalue weighted by molar-refractivity contribution is 5.82. The summed E-state index contributed by atoms with van der Waals surface area (Å²) in [4.78, 5) is 27.6. The second-order valence-corrected chi connectivity index (χ2v) is 7.69. The Labute approximate surface area is 161 Å². The number of hydrogen-bond donors (Lipinski definition) is 0. The molecule has 0 aromatic heterocycles. The molecule has 6 heteroatoms. The van der Waals surface area contributed by atoms with Gasteiger partial charge in [0.25, 0.3) is 5.69 Å². The zero-order chi connectivity index (χ0) is 19.1. The number of carbonyl (C=O) groups is 1. The molecule has 0 N–H and O–H groups in total. The van der Waals surface area contributed by atoms with Crippen LogP contribution >= 0.6 is 0 Å². The van der Waals surface area contributed by atoms with Crippen molar-refractivity contribution in [2.75, 3.05) is 39.3 Å². The lowest BCUT2D eigenvalue weighted by atomic mass is 10.1. The number of piperazine rings is 1. The largest absolute Gasteiger partial charge is 0.301 e. The first-order valence-corrected chi connectivity index (χ1v) is 9.98. The molecule has 1 aliphatic heterocycles. The number of nitro groups is 1. The summed E-state index contributed by atoms with van der Waals surface area (Å²) in [7, 11) is 0. The van der Waals surface area contributed by atoms with Crippen molar-refractivity contribution in [3.05, 3.63) is 46.0 Å². The molecule has 1 saturated heterocycles. The number of benzene rings is 1. The van der Waals surface area contributed by atoms with Crippen molar-refractivity contribution in [1.29, 1.82) is 0 Å². The van der Waals surface area contributed by atoms with Crippen LogP contribution in [0.5, 0.6) is 0 Å². The third kappa shape index (κ3) is 5.97. The fourth-order valence-electron chi connectivity index (χ4n) is 4.11. The smallest absolute Gasteiger partial charge is 0.276 e. The molecule has 1 aromatic rings. The summed E-state index contributed by atoms with van der Waals surface area (Å²) in [6.45, 7) is 5.70. The van der Waals surface area contributed by atoms with Gasteiger partial charge in [-0.1, -0.05) is 37.1 Å². The van der Waals surface area contributed by atoms with Gasteiger partial charge in [-0.25, -0.2) is 0 Å². The zero-order valence-corrected chi connectivity index (χ0v) is 15.9. The van der Waals surface area contributed by atoms with Crippen LogP contribution in [0.3, 0.4) is 0 Å². The fraction of sp³-hybridized carbons (Fsp3) is 0.571. The molecule has 0 unspecified atom stereocenters. The van der Waals surface area contributed by atoms with E-state index in [0.717, 1.165) is 32.1 Å². The molecule has 0 spiro atoms. The standard InChI is InChI=1S/C21H29N3O3/c25-20(10-5-9-19-8-3-4-11-21(19)24(26)27)17-23-14-12-22(13-15-23)16-18-6-1-2-7-18/h3-5,8-9,11,18H,1-2,6-7,10,12-17H2. The van der Waals surface area contributed by atoms with Crippen LogP contribution in [0.15, 0.2) is 30.3 Å². The normalized spacial score (nSPS) is 19.7. The van der Waals surface area contributed by atoms with Crippen LogP contribution in [0.4, 0.5) is 5.69 Å². The summed E-state index contributed by atoms with van der Waals surface area (Å²) in [6, 6.07) is 6.59. The van der Waals surface area contributed by atoms with Crippen LogP contribution in [0.2, 0.25) is 0 Å². The number of nitrogens with zero attached hydrogens (tertiary/aromatic N) is 3.